The van der Waals surface area contributed by atoms with Crippen LogP contribution in [0.3, 0.4) is 0 Å². The van der Waals surface area contributed by atoms with Crippen molar-refractivity contribution in [3.05, 3.63) is 0 Å². The standard InChI is InChI=1S/C8H17NO5S/c1-3-15(13,14)9-5-8(2,6-10)4-7(11)12/h9-10H,3-6H2,1-2H3,(H,11,12). The van der Waals surface area contributed by atoms with Crippen LogP contribution in [0.25, 0.3) is 0 Å². The van der Waals surface area contributed by atoms with E-state index >= 15 is 0 Å². The van der Waals surface area contributed by atoms with E-state index in [0.29, 0.717) is 0 Å². The Kier molecular flexibility index (Phi) is 5.19. The van der Waals surface area contributed by atoms with Gasteiger partial charge in [-0.25, -0.2) is 13.1 Å². The molecule has 0 saturated carbocycles. The van der Waals surface area contributed by atoms with Crippen molar-refractivity contribution in [2.45, 2.75) is 20.3 Å². The highest BCUT2D eigenvalue weighted by Gasteiger charge is 2.28. The van der Waals surface area contributed by atoms with Crippen molar-refractivity contribution < 1.29 is 23.4 Å². The third kappa shape index (κ3) is 5.71. The van der Waals surface area contributed by atoms with Crippen molar-refractivity contribution in [1.82, 2.24) is 4.72 Å². The van der Waals surface area contributed by atoms with Crippen molar-refractivity contribution in [1.29, 1.82) is 0 Å². The lowest BCUT2D eigenvalue weighted by Crippen LogP contribution is -2.40. The molecule has 0 aromatic heterocycles. The Morgan fingerprint density at radius 3 is 2.33 bits per heavy atom. The molecule has 90 valence electrons. The second kappa shape index (κ2) is 5.43. The van der Waals surface area contributed by atoms with Crippen LogP contribution in [-0.2, 0) is 14.8 Å². The molecule has 3 N–H and O–H groups in total. The summed E-state index contributed by atoms with van der Waals surface area (Å²) in [5, 5.41) is 17.6. The van der Waals surface area contributed by atoms with Crippen LogP contribution in [0.4, 0.5) is 0 Å². The highest BCUT2D eigenvalue weighted by Crippen LogP contribution is 2.19. The van der Waals surface area contributed by atoms with Gasteiger partial charge in [0.1, 0.15) is 0 Å². The molecular weight excluding hydrogens is 222 g/mol. The zero-order chi connectivity index (χ0) is 12.1. The molecule has 0 heterocycles. The maximum atomic E-state index is 11.1. The van der Waals surface area contributed by atoms with Crippen LogP contribution in [0.5, 0.6) is 0 Å². The van der Waals surface area contributed by atoms with Crippen LogP contribution in [0.2, 0.25) is 0 Å². The SMILES string of the molecule is CCS(=O)(=O)NCC(C)(CO)CC(=O)O. The number of rotatable bonds is 7. The van der Waals surface area contributed by atoms with Gasteiger partial charge in [0.15, 0.2) is 0 Å². The number of carboxylic acid groups (broad SMARTS) is 1. The zero-order valence-corrected chi connectivity index (χ0v) is 9.67. The molecule has 7 heteroatoms. The van der Waals surface area contributed by atoms with E-state index in [0.717, 1.165) is 0 Å². The lowest BCUT2D eigenvalue weighted by atomic mass is 9.88. The van der Waals surface area contributed by atoms with Gasteiger partial charge in [-0.3, -0.25) is 4.79 Å². The van der Waals surface area contributed by atoms with Crippen molar-refractivity contribution >= 4 is 16.0 Å². The van der Waals surface area contributed by atoms with Crippen molar-refractivity contribution in [2.75, 3.05) is 18.9 Å². The van der Waals surface area contributed by atoms with Gasteiger partial charge in [0, 0.05) is 12.0 Å². The minimum absolute atomic E-state index is 0.0679. The highest BCUT2D eigenvalue weighted by molar-refractivity contribution is 7.89. The number of hydrogen-bond donors (Lipinski definition) is 3. The molecular formula is C8H17NO5S. The molecule has 1 atom stereocenters. The molecule has 0 rings (SSSR count). The molecule has 0 aliphatic rings. The summed E-state index contributed by atoms with van der Waals surface area (Å²) in [5.41, 5.74) is -0.964. The van der Waals surface area contributed by atoms with Gasteiger partial charge in [0.2, 0.25) is 10.0 Å². The molecule has 6 nitrogen and oxygen atoms in total. The number of aliphatic hydroxyl groups is 1. The Labute approximate surface area is 89.4 Å². The van der Waals surface area contributed by atoms with Crippen LogP contribution in [0.15, 0.2) is 0 Å². The molecule has 0 saturated heterocycles. The van der Waals surface area contributed by atoms with Crippen LogP contribution in [0, 0.1) is 5.41 Å². The van der Waals surface area contributed by atoms with Gasteiger partial charge in [0.05, 0.1) is 18.8 Å². The van der Waals surface area contributed by atoms with Gasteiger partial charge >= 0.3 is 5.97 Å². The topological polar surface area (TPSA) is 104 Å². The van der Waals surface area contributed by atoms with Gasteiger partial charge in [0.25, 0.3) is 0 Å². The first kappa shape index (κ1) is 14.3. The molecule has 0 aromatic carbocycles. The van der Waals surface area contributed by atoms with E-state index in [1.54, 1.807) is 0 Å². The average Bonchev–Trinajstić information content (AvgIpc) is 2.14. The van der Waals surface area contributed by atoms with E-state index in [2.05, 4.69) is 4.72 Å². The minimum atomic E-state index is -3.35. The number of nitrogens with one attached hydrogen (secondary N) is 1. The Hall–Kier alpha value is -0.660. The number of carbonyl (C=O) groups is 1. The Morgan fingerprint density at radius 1 is 1.47 bits per heavy atom. The molecule has 0 fully saturated rings. The van der Waals surface area contributed by atoms with E-state index in [4.69, 9.17) is 10.2 Å². The summed E-state index contributed by atoms with van der Waals surface area (Å²) in [6.07, 6.45) is -0.282. The first-order valence-corrected chi connectivity index (χ1v) is 6.20. The van der Waals surface area contributed by atoms with E-state index in [9.17, 15) is 13.2 Å². The van der Waals surface area contributed by atoms with E-state index in [-0.39, 0.29) is 25.3 Å². The van der Waals surface area contributed by atoms with Crippen LogP contribution in [0.1, 0.15) is 20.3 Å². The Balaban J connectivity index is 4.39. The van der Waals surface area contributed by atoms with Crippen LogP contribution in [-0.4, -0.2) is 43.5 Å². The monoisotopic (exact) mass is 239 g/mol. The summed E-state index contributed by atoms with van der Waals surface area (Å²) in [7, 11) is -3.35. The largest absolute Gasteiger partial charge is 0.481 e. The number of carboxylic acids is 1. The molecule has 1 unspecified atom stereocenters. The van der Waals surface area contributed by atoms with Crippen molar-refractivity contribution in [2.24, 2.45) is 5.41 Å². The first-order valence-electron chi connectivity index (χ1n) is 4.54. The summed E-state index contributed by atoms with van der Waals surface area (Å²) in [6, 6.07) is 0. The molecule has 0 bridgehead atoms. The Bertz CT molecular complexity index is 313. The fourth-order valence-electron chi connectivity index (χ4n) is 0.926. The normalized spacial score (nSPS) is 15.9. The lowest BCUT2D eigenvalue weighted by molar-refractivity contribution is -0.140. The third-order valence-corrected chi connectivity index (χ3v) is 3.40. The first-order chi connectivity index (χ1) is 6.74. The zero-order valence-electron chi connectivity index (χ0n) is 8.86. The number of aliphatic carboxylic acids is 1. The average molecular weight is 239 g/mol. The van der Waals surface area contributed by atoms with Crippen molar-refractivity contribution in [3.8, 4) is 0 Å². The number of sulfonamides is 1. The summed E-state index contributed by atoms with van der Waals surface area (Å²) in [6.45, 7) is 2.53. The maximum absolute atomic E-state index is 11.1. The molecule has 0 amide bonds. The Morgan fingerprint density at radius 2 is 2.00 bits per heavy atom. The van der Waals surface area contributed by atoms with Gasteiger partial charge in [-0.05, 0) is 6.92 Å². The summed E-state index contributed by atoms with van der Waals surface area (Å²) < 4.78 is 24.5. The number of aliphatic hydroxyl groups excluding tert-OH is 1. The fourth-order valence-corrected chi connectivity index (χ4v) is 1.70. The molecule has 0 radical (unpaired) electrons. The quantitative estimate of drug-likeness (QED) is 0.550. The van der Waals surface area contributed by atoms with Crippen LogP contribution < -0.4 is 4.72 Å². The van der Waals surface area contributed by atoms with E-state index in [1.807, 2.05) is 0 Å². The molecule has 0 aromatic rings. The molecule has 0 aliphatic carbocycles. The van der Waals surface area contributed by atoms with Gasteiger partial charge in [-0.1, -0.05) is 6.92 Å². The predicted molar refractivity (Wildman–Crippen MR) is 54.9 cm³/mol. The lowest BCUT2D eigenvalue weighted by Gasteiger charge is -2.25. The second-order valence-corrected chi connectivity index (χ2v) is 5.86. The summed E-state index contributed by atoms with van der Waals surface area (Å²) >= 11 is 0. The van der Waals surface area contributed by atoms with Gasteiger partial charge < -0.3 is 10.2 Å². The summed E-state index contributed by atoms with van der Waals surface area (Å²) in [4.78, 5) is 10.5. The van der Waals surface area contributed by atoms with E-state index < -0.39 is 21.4 Å². The van der Waals surface area contributed by atoms with Gasteiger partial charge in [-0.15, -0.1) is 0 Å². The minimum Gasteiger partial charge on any atom is -0.481 e. The van der Waals surface area contributed by atoms with Gasteiger partial charge in [-0.2, -0.15) is 0 Å². The smallest absolute Gasteiger partial charge is 0.304 e. The fraction of sp³-hybridized carbons (Fsp3) is 0.875. The highest BCUT2D eigenvalue weighted by atomic mass is 32.2. The number of hydrogen-bond acceptors (Lipinski definition) is 4. The van der Waals surface area contributed by atoms with E-state index in [1.165, 1.54) is 13.8 Å². The van der Waals surface area contributed by atoms with Crippen LogP contribution >= 0.6 is 0 Å². The third-order valence-electron chi connectivity index (χ3n) is 2.06. The molecule has 0 spiro atoms. The second-order valence-electron chi connectivity index (χ2n) is 3.76. The maximum Gasteiger partial charge on any atom is 0.304 e. The summed E-state index contributed by atoms with van der Waals surface area (Å²) in [5.74, 6) is -1.14. The van der Waals surface area contributed by atoms with Crippen molar-refractivity contribution in [3.63, 3.8) is 0 Å². The molecule has 0 aliphatic heterocycles. The molecule has 15 heavy (non-hydrogen) atoms. The predicted octanol–water partition coefficient (Wildman–Crippen LogP) is -0.601.